The summed E-state index contributed by atoms with van der Waals surface area (Å²) >= 11 is 14.6. The monoisotopic (exact) mass is 440 g/mol. The van der Waals surface area contributed by atoms with E-state index in [4.69, 9.17) is 23.2 Å². The van der Waals surface area contributed by atoms with E-state index < -0.39 is 0 Å². The zero-order valence-electron chi connectivity index (χ0n) is 14.3. The third-order valence-corrected chi connectivity index (χ3v) is 5.81. The highest BCUT2D eigenvalue weighted by molar-refractivity contribution is 7.18. The zero-order chi connectivity index (χ0) is 19.6. The van der Waals surface area contributed by atoms with Crippen molar-refractivity contribution in [3.05, 3.63) is 49.9 Å². The molecule has 6 nitrogen and oxygen atoms in total. The van der Waals surface area contributed by atoms with Crippen LogP contribution in [-0.4, -0.2) is 21.8 Å². The van der Waals surface area contributed by atoms with Gasteiger partial charge in [-0.3, -0.25) is 14.9 Å². The second kappa shape index (κ2) is 8.35. The summed E-state index contributed by atoms with van der Waals surface area (Å²) in [5.41, 5.74) is 1.11. The Balaban J connectivity index is 1.76. The lowest BCUT2D eigenvalue weighted by molar-refractivity contribution is -0.119. The topological polar surface area (TPSA) is 84.0 Å². The summed E-state index contributed by atoms with van der Waals surface area (Å²) in [5, 5.41) is 6.31. The molecule has 0 fully saturated rings. The van der Waals surface area contributed by atoms with Crippen LogP contribution in [0, 0.1) is 6.92 Å². The molecule has 3 heterocycles. The van der Waals surface area contributed by atoms with E-state index in [9.17, 15) is 9.59 Å². The van der Waals surface area contributed by atoms with E-state index in [2.05, 4.69) is 20.6 Å². The number of halogens is 2. The van der Waals surface area contributed by atoms with Gasteiger partial charge in [-0.2, -0.15) is 0 Å². The Hall–Kier alpha value is -2.00. The molecule has 27 heavy (non-hydrogen) atoms. The van der Waals surface area contributed by atoms with E-state index in [1.54, 1.807) is 11.3 Å². The molecule has 0 atom stereocenters. The molecular weight excluding hydrogens is 427 g/mol. The molecule has 0 saturated carbocycles. The molecule has 140 valence electrons. The number of thiazole rings is 1. The molecular formula is C17H14Cl2N4O2S2. The predicted octanol–water partition coefficient (Wildman–Crippen LogP) is 4.77. The van der Waals surface area contributed by atoms with Crippen LogP contribution >= 0.6 is 45.9 Å². The van der Waals surface area contributed by atoms with Crippen LogP contribution in [0.5, 0.6) is 0 Å². The number of carbonyl (C=O) groups excluding carboxylic acids is 2. The van der Waals surface area contributed by atoms with Gasteiger partial charge in [0.05, 0.1) is 17.1 Å². The standard InChI is InChI=1S/C17H14Cl2N4O2S2/c1-8-15(12-4-3-11(27-12)7-20-9(2)24)22-17(26-8)23-16(25)10-5-13(18)21-14(19)6-10/h3-6H,7H2,1-2H3,(H,20,24)(H,22,23,25). The summed E-state index contributed by atoms with van der Waals surface area (Å²) in [6, 6.07) is 6.79. The summed E-state index contributed by atoms with van der Waals surface area (Å²) in [4.78, 5) is 34.8. The van der Waals surface area contributed by atoms with E-state index >= 15 is 0 Å². The fourth-order valence-corrected chi connectivity index (χ4v) is 4.60. The first-order valence-electron chi connectivity index (χ1n) is 7.77. The molecule has 0 aliphatic carbocycles. The Morgan fingerprint density at radius 1 is 1.11 bits per heavy atom. The summed E-state index contributed by atoms with van der Waals surface area (Å²) in [7, 11) is 0. The molecule has 0 aliphatic heterocycles. The lowest BCUT2D eigenvalue weighted by Crippen LogP contribution is -2.17. The Morgan fingerprint density at radius 3 is 2.48 bits per heavy atom. The average Bonchev–Trinajstić information content (AvgIpc) is 3.18. The summed E-state index contributed by atoms with van der Waals surface area (Å²) in [6.45, 7) is 3.91. The molecule has 0 radical (unpaired) electrons. The first-order valence-corrected chi connectivity index (χ1v) is 10.2. The molecule has 0 unspecified atom stereocenters. The van der Waals surface area contributed by atoms with Crippen LogP contribution in [0.1, 0.15) is 27.0 Å². The van der Waals surface area contributed by atoms with E-state index in [1.165, 1.54) is 30.4 Å². The van der Waals surface area contributed by atoms with E-state index in [0.717, 1.165) is 20.3 Å². The highest BCUT2D eigenvalue weighted by Gasteiger charge is 2.16. The van der Waals surface area contributed by atoms with E-state index in [0.29, 0.717) is 17.2 Å². The second-order valence-electron chi connectivity index (χ2n) is 5.55. The van der Waals surface area contributed by atoms with Gasteiger partial charge >= 0.3 is 0 Å². The van der Waals surface area contributed by atoms with Gasteiger partial charge in [0.2, 0.25) is 5.91 Å². The van der Waals surface area contributed by atoms with Gasteiger partial charge in [0.25, 0.3) is 5.91 Å². The number of amides is 2. The van der Waals surface area contributed by atoms with Gasteiger partial charge in [0.15, 0.2) is 5.13 Å². The van der Waals surface area contributed by atoms with Crippen molar-refractivity contribution in [3.63, 3.8) is 0 Å². The molecule has 0 aromatic carbocycles. The predicted molar refractivity (Wildman–Crippen MR) is 110 cm³/mol. The van der Waals surface area contributed by atoms with Gasteiger partial charge in [-0.25, -0.2) is 9.97 Å². The van der Waals surface area contributed by atoms with Crippen molar-refractivity contribution in [3.8, 4) is 10.6 Å². The molecule has 10 heteroatoms. The number of pyridine rings is 1. The van der Waals surface area contributed by atoms with E-state index in [1.807, 2.05) is 19.1 Å². The SMILES string of the molecule is CC(=O)NCc1ccc(-c2nc(NC(=O)c3cc(Cl)nc(Cl)c3)sc2C)s1. The molecule has 3 rings (SSSR count). The van der Waals surface area contributed by atoms with Crippen molar-refractivity contribution in [1.82, 2.24) is 15.3 Å². The lowest BCUT2D eigenvalue weighted by Gasteiger charge is -2.02. The van der Waals surface area contributed by atoms with Crippen LogP contribution in [0.4, 0.5) is 5.13 Å². The van der Waals surface area contributed by atoms with Gasteiger partial charge < -0.3 is 5.32 Å². The third-order valence-electron chi connectivity index (χ3n) is 3.45. The van der Waals surface area contributed by atoms with Gasteiger partial charge in [0, 0.05) is 22.2 Å². The van der Waals surface area contributed by atoms with Crippen LogP contribution in [0.15, 0.2) is 24.3 Å². The van der Waals surface area contributed by atoms with Crippen molar-refractivity contribution < 1.29 is 9.59 Å². The Morgan fingerprint density at radius 2 is 1.81 bits per heavy atom. The fraction of sp³-hybridized carbons (Fsp3) is 0.176. The fourth-order valence-electron chi connectivity index (χ4n) is 2.26. The molecule has 3 aromatic heterocycles. The second-order valence-corrected chi connectivity index (χ2v) is 8.70. The first kappa shape index (κ1) is 19.8. The smallest absolute Gasteiger partial charge is 0.257 e. The van der Waals surface area contributed by atoms with Gasteiger partial charge in [-0.1, -0.05) is 23.2 Å². The maximum atomic E-state index is 12.4. The molecule has 0 spiro atoms. The number of aryl methyl sites for hydroxylation is 1. The van der Waals surface area contributed by atoms with Crippen molar-refractivity contribution >= 4 is 62.8 Å². The van der Waals surface area contributed by atoms with Crippen LogP contribution in [0.25, 0.3) is 10.6 Å². The molecule has 0 saturated heterocycles. The zero-order valence-corrected chi connectivity index (χ0v) is 17.4. The third kappa shape index (κ3) is 5.04. The molecule has 2 N–H and O–H groups in total. The van der Waals surface area contributed by atoms with Crippen LogP contribution in [-0.2, 0) is 11.3 Å². The number of carbonyl (C=O) groups is 2. The van der Waals surface area contributed by atoms with Gasteiger partial charge in [-0.05, 0) is 31.2 Å². The quantitative estimate of drug-likeness (QED) is 0.559. The number of aromatic nitrogens is 2. The number of anilines is 1. The summed E-state index contributed by atoms with van der Waals surface area (Å²) in [6.07, 6.45) is 0. The van der Waals surface area contributed by atoms with E-state index in [-0.39, 0.29) is 22.1 Å². The van der Waals surface area contributed by atoms with Crippen molar-refractivity contribution in [2.24, 2.45) is 0 Å². The van der Waals surface area contributed by atoms with Crippen molar-refractivity contribution in [2.45, 2.75) is 20.4 Å². The van der Waals surface area contributed by atoms with Gasteiger partial charge in [-0.15, -0.1) is 22.7 Å². The minimum absolute atomic E-state index is 0.0730. The highest BCUT2D eigenvalue weighted by Crippen LogP contribution is 2.35. The number of hydrogen-bond donors (Lipinski definition) is 2. The summed E-state index contributed by atoms with van der Waals surface area (Å²) < 4.78 is 0. The lowest BCUT2D eigenvalue weighted by atomic mass is 10.2. The normalized spacial score (nSPS) is 10.7. The number of hydrogen-bond acceptors (Lipinski definition) is 6. The molecule has 0 aliphatic rings. The van der Waals surface area contributed by atoms with Crippen LogP contribution in [0.2, 0.25) is 10.3 Å². The Kier molecular flexibility index (Phi) is 6.11. The molecule has 3 aromatic rings. The number of thiophene rings is 1. The largest absolute Gasteiger partial charge is 0.351 e. The highest BCUT2D eigenvalue weighted by atomic mass is 35.5. The Labute approximate surface area is 173 Å². The summed E-state index contributed by atoms with van der Waals surface area (Å²) in [5.74, 6) is -0.435. The number of rotatable bonds is 5. The van der Waals surface area contributed by atoms with Crippen LogP contribution in [0.3, 0.4) is 0 Å². The maximum absolute atomic E-state index is 12.4. The number of nitrogens with one attached hydrogen (secondary N) is 2. The van der Waals surface area contributed by atoms with Gasteiger partial charge in [0.1, 0.15) is 10.3 Å². The molecule has 0 bridgehead atoms. The molecule has 2 amide bonds. The van der Waals surface area contributed by atoms with Crippen LogP contribution < -0.4 is 10.6 Å². The minimum Gasteiger partial charge on any atom is -0.351 e. The van der Waals surface area contributed by atoms with Crippen molar-refractivity contribution in [2.75, 3.05) is 5.32 Å². The number of nitrogens with zero attached hydrogens (tertiary/aromatic N) is 2. The van der Waals surface area contributed by atoms with Crippen molar-refractivity contribution in [1.29, 1.82) is 0 Å². The average molecular weight is 441 g/mol. The minimum atomic E-state index is -0.362. The first-order chi connectivity index (χ1) is 12.8. The Bertz CT molecular complexity index is 996. The maximum Gasteiger partial charge on any atom is 0.257 e.